The Morgan fingerprint density at radius 1 is 0.621 bits per heavy atom. The number of hydrogen-bond acceptors (Lipinski definition) is 3. The van der Waals surface area contributed by atoms with E-state index in [1.807, 2.05) is 20.8 Å². The van der Waals surface area contributed by atoms with Crippen LogP contribution in [0, 0.1) is 67.5 Å². The Labute approximate surface area is 399 Å². The predicted octanol–water partition coefficient (Wildman–Crippen LogP) is 15.3. The molecular formula is C60H88O6. The van der Waals surface area contributed by atoms with Crippen LogP contribution in [-0.4, -0.2) is 33.2 Å². The van der Waals surface area contributed by atoms with Gasteiger partial charge < -0.3 is 15.3 Å². The Bertz CT molecular complexity index is 2150. The van der Waals surface area contributed by atoms with Crippen LogP contribution in [0.4, 0.5) is 0 Å². The standard InChI is InChI=1S/C20H28O2.2C20H30O2/c1-13(2)14-6-8-16-15(12-14)7-9-17-19(16,3)10-5-11-20(17,4)18(21)22;2*1-5-18(2)12-9-15-14(13-18)7-8-16-19(15,3)10-6-11-20(16,4)17(21)22/h6,8,12-13,17H,5,7,9-11H2,1-4H3,(H,21,22);5,13,15-16H,1,6-12H2,2-4H3,(H,21,22);5,7,15-16H,1,6,8-13H2,2-4H3,(H,21,22). The number of carboxylic acids is 3. The van der Waals surface area contributed by atoms with Crippen LogP contribution in [0.3, 0.4) is 0 Å². The Balaban J connectivity index is 0.000000147. The van der Waals surface area contributed by atoms with Crippen LogP contribution < -0.4 is 0 Å². The fourth-order valence-corrected chi connectivity index (χ4v) is 16.9. The van der Waals surface area contributed by atoms with Crippen molar-refractivity contribution in [2.45, 2.75) is 203 Å². The molecule has 0 bridgehead atoms. The van der Waals surface area contributed by atoms with E-state index < -0.39 is 34.2 Å². The van der Waals surface area contributed by atoms with Crippen LogP contribution in [-0.2, 0) is 26.2 Å². The number of aryl methyl sites for hydroxylation is 1. The Morgan fingerprint density at radius 2 is 1.15 bits per heavy atom. The molecule has 6 heteroatoms. The molecule has 9 rings (SSSR count). The molecule has 13 unspecified atom stereocenters. The predicted molar refractivity (Wildman–Crippen MR) is 268 cm³/mol. The van der Waals surface area contributed by atoms with Gasteiger partial charge in [-0.05, 0) is 197 Å². The third-order valence-corrected chi connectivity index (χ3v) is 21.3. The van der Waals surface area contributed by atoms with Crippen LogP contribution >= 0.6 is 0 Å². The molecule has 0 saturated heterocycles. The minimum Gasteiger partial charge on any atom is -0.481 e. The number of rotatable bonds is 6. The Kier molecular flexibility index (Phi) is 13.6. The molecule has 8 aliphatic rings. The highest BCUT2D eigenvalue weighted by molar-refractivity contribution is 5.76. The van der Waals surface area contributed by atoms with Crippen molar-refractivity contribution in [2.24, 2.45) is 67.5 Å². The zero-order valence-electron chi connectivity index (χ0n) is 42.9. The summed E-state index contributed by atoms with van der Waals surface area (Å²) in [7, 11) is 0. The first-order valence-electron chi connectivity index (χ1n) is 26.3. The van der Waals surface area contributed by atoms with Gasteiger partial charge in [0, 0.05) is 5.41 Å². The van der Waals surface area contributed by atoms with E-state index in [2.05, 4.69) is 104 Å². The molecule has 0 aromatic heterocycles. The van der Waals surface area contributed by atoms with Gasteiger partial charge in [-0.15, -0.1) is 13.2 Å². The minimum atomic E-state index is -0.606. The molecule has 6 nitrogen and oxygen atoms in total. The van der Waals surface area contributed by atoms with Crippen molar-refractivity contribution in [1.29, 1.82) is 0 Å². The molecule has 5 saturated carbocycles. The highest BCUT2D eigenvalue weighted by Gasteiger charge is 2.60. The molecule has 364 valence electrons. The number of aliphatic carboxylic acids is 3. The van der Waals surface area contributed by atoms with Gasteiger partial charge >= 0.3 is 17.9 Å². The second-order valence-corrected chi connectivity index (χ2v) is 25.6. The summed E-state index contributed by atoms with van der Waals surface area (Å²) in [4.78, 5) is 35.8. The fraction of sp³-hybridized carbons (Fsp3) is 0.717. The summed E-state index contributed by atoms with van der Waals surface area (Å²) in [5, 5.41) is 29.5. The molecule has 13 atom stereocenters. The topological polar surface area (TPSA) is 112 Å². The number of carbonyl (C=O) groups is 3. The Hall–Kier alpha value is -3.41. The summed E-state index contributed by atoms with van der Waals surface area (Å²) >= 11 is 0. The van der Waals surface area contributed by atoms with Crippen molar-refractivity contribution in [3.05, 3.63) is 83.5 Å². The van der Waals surface area contributed by atoms with Crippen molar-refractivity contribution in [2.75, 3.05) is 0 Å². The smallest absolute Gasteiger partial charge is 0.309 e. The van der Waals surface area contributed by atoms with E-state index in [4.69, 9.17) is 0 Å². The third kappa shape index (κ3) is 8.34. The SMILES string of the molecule is C=CC1(C)C=C2CCC3C(C)(C(=O)O)CCCC3(C)C2CC1.C=CC1(C)CCC2C(=CCC3C(C)(C(=O)O)CCCC23C)C1.CC(C)c1ccc2c(c1)CCC1C(C)(C(=O)O)CCCC21C. The number of allylic oxidation sites excluding steroid dienone is 6. The van der Waals surface area contributed by atoms with Gasteiger partial charge in [0.15, 0.2) is 0 Å². The molecule has 1 aromatic carbocycles. The number of benzene rings is 1. The van der Waals surface area contributed by atoms with E-state index >= 15 is 0 Å². The van der Waals surface area contributed by atoms with Gasteiger partial charge in [0.05, 0.1) is 16.2 Å². The lowest BCUT2D eigenvalue weighted by molar-refractivity contribution is -0.164. The van der Waals surface area contributed by atoms with Crippen molar-refractivity contribution in [3.8, 4) is 0 Å². The van der Waals surface area contributed by atoms with Gasteiger partial charge in [0.2, 0.25) is 0 Å². The molecule has 0 amide bonds. The van der Waals surface area contributed by atoms with Crippen molar-refractivity contribution in [3.63, 3.8) is 0 Å². The van der Waals surface area contributed by atoms with Crippen molar-refractivity contribution in [1.82, 2.24) is 0 Å². The summed E-state index contributed by atoms with van der Waals surface area (Å²) in [6.45, 7) is 30.2. The summed E-state index contributed by atoms with van der Waals surface area (Å²) in [6.07, 6.45) is 29.1. The molecule has 0 spiro atoms. The largest absolute Gasteiger partial charge is 0.481 e. The lowest BCUT2D eigenvalue weighted by Gasteiger charge is -2.59. The molecule has 3 N–H and O–H groups in total. The van der Waals surface area contributed by atoms with Crippen LogP contribution in [0.1, 0.15) is 207 Å². The molecule has 5 fully saturated rings. The van der Waals surface area contributed by atoms with Crippen molar-refractivity contribution < 1.29 is 29.7 Å². The Morgan fingerprint density at radius 3 is 1.73 bits per heavy atom. The molecule has 0 heterocycles. The quantitative estimate of drug-likeness (QED) is 0.245. The lowest BCUT2D eigenvalue weighted by Crippen LogP contribution is -2.54. The van der Waals surface area contributed by atoms with Gasteiger partial charge in [-0.1, -0.05) is 121 Å². The zero-order chi connectivity index (χ0) is 48.5. The lowest BCUT2D eigenvalue weighted by atomic mass is 9.45. The van der Waals surface area contributed by atoms with Gasteiger partial charge in [0.1, 0.15) is 0 Å². The second kappa shape index (κ2) is 17.8. The average molecular weight is 905 g/mol. The maximum atomic E-state index is 12.0. The van der Waals surface area contributed by atoms with Gasteiger partial charge in [-0.3, -0.25) is 14.4 Å². The molecule has 0 radical (unpaired) electrons. The molecule has 1 aromatic rings. The first kappa shape index (κ1) is 50.5. The van der Waals surface area contributed by atoms with E-state index in [1.165, 1.54) is 48.8 Å². The van der Waals surface area contributed by atoms with E-state index in [1.54, 1.807) is 11.1 Å². The second-order valence-electron chi connectivity index (χ2n) is 25.6. The highest BCUT2D eigenvalue weighted by atomic mass is 16.4. The monoisotopic (exact) mass is 905 g/mol. The van der Waals surface area contributed by atoms with Crippen LogP contribution in [0.2, 0.25) is 0 Å². The first-order chi connectivity index (χ1) is 30.8. The van der Waals surface area contributed by atoms with E-state index in [0.717, 1.165) is 89.9 Å². The molecule has 8 aliphatic carbocycles. The zero-order valence-corrected chi connectivity index (χ0v) is 42.9. The summed E-state index contributed by atoms with van der Waals surface area (Å²) in [5.41, 5.74) is 6.52. The first-order valence-corrected chi connectivity index (χ1v) is 26.3. The molecule has 0 aliphatic heterocycles. The number of fused-ring (bicyclic) bond motifs is 9. The van der Waals surface area contributed by atoms with Gasteiger partial charge in [-0.2, -0.15) is 0 Å². The minimum absolute atomic E-state index is 0.0223. The molecular weight excluding hydrogens is 817 g/mol. The summed E-state index contributed by atoms with van der Waals surface area (Å²) < 4.78 is 0. The summed E-state index contributed by atoms with van der Waals surface area (Å²) in [6, 6.07) is 6.92. The van der Waals surface area contributed by atoms with Gasteiger partial charge in [0.25, 0.3) is 0 Å². The number of hydrogen-bond donors (Lipinski definition) is 3. The van der Waals surface area contributed by atoms with E-state index in [9.17, 15) is 29.7 Å². The summed E-state index contributed by atoms with van der Waals surface area (Å²) in [5.74, 6) is 0.793. The van der Waals surface area contributed by atoms with E-state index in [-0.39, 0.29) is 38.9 Å². The van der Waals surface area contributed by atoms with Crippen LogP contribution in [0.5, 0.6) is 0 Å². The maximum absolute atomic E-state index is 12.0. The normalized spacial score (nSPS) is 43.3. The van der Waals surface area contributed by atoms with Crippen LogP contribution in [0.15, 0.2) is 66.8 Å². The third-order valence-electron chi connectivity index (χ3n) is 21.3. The fourth-order valence-electron chi connectivity index (χ4n) is 16.9. The maximum Gasteiger partial charge on any atom is 0.309 e. The number of carboxylic acid groups (broad SMARTS) is 3. The van der Waals surface area contributed by atoms with Crippen LogP contribution in [0.25, 0.3) is 0 Å². The van der Waals surface area contributed by atoms with Crippen molar-refractivity contribution >= 4 is 17.9 Å². The highest BCUT2D eigenvalue weighted by Crippen LogP contribution is 2.66. The average Bonchev–Trinajstić information content (AvgIpc) is 3.26. The van der Waals surface area contributed by atoms with Gasteiger partial charge in [-0.25, -0.2) is 0 Å². The molecule has 66 heavy (non-hydrogen) atoms. The van der Waals surface area contributed by atoms with E-state index in [0.29, 0.717) is 23.7 Å².